The van der Waals surface area contributed by atoms with Crippen LogP contribution < -0.4 is 20.1 Å². The second-order valence-electron chi connectivity index (χ2n) is 5.20. The van der Waals surface area contributed by atoms with Crippen LogP contribution in [0.5, 0.6) is 11.5 Å². The van der Waals surface area contributed by atoms with Crippen LogP contribution in [0, 0.1) is 6.92 Å². The van der Waals surface area contributed by atoms with Crippen LogP contribution in [-0.2, 0) is 0 Å². The van der Waals surface area contributed by atoms with E-state index in [1.807, 2.05) is 25.1 Å². The lowest BCUT2D eigenvalue weighted by Crippen LogP contribution is -2.15. The summed E-state index contributed by atoms with van der Waals surface area (Å²) in [6.45, 7) is 2.94. The molecule has 0 spiro atoms. The van der Waals surface area contributed by atoms with Gasteiger partial charge in [-0.25, -0.2) is 4.98 Å². The van der Waals surface area contributed by atoms with E-state index in [9.17, 15) is 0 Å². The number of aromatic nitrogens is 3. The van der Waals surface area contributed by atoms with Crippen molar-refractivity contribution in [1.29, 1.82) is 0 Å². The summed E-state index contributed by atoms with van der Waals surface area (Å²) < 4.78 is 16.1. The van der Waals surface area contributed by atoms with Crippen molar-refractivity contribution < 1.29 is 14.0 Å². The van der Waals surface area contributed by atoms with Gasteiger partial charge in [-0.2, -0.15) is 4.98 Å². The molecule has 0 saturated heterocycles. The summed E-state index contributed by atoms with van der Waals surface area (Å²) in [6, 6.07) is 9.14. The number of hydrogen-bond donors (Lipinski definition) is 2. The third kappa shape index (κ3) is 3.07. The Balaban J connectivity index is 1.51. The number of nitrogens with one attached hydrogen (secondary N) is 2. The van der Waals surface area contributed by atoms with Crippen molar-refractivity contribution in [3.8, 4) is 11.5 Å². The van der Waals surface area contributed by atoms with Gasteiger partial charge < -0.3 is 24.6 Å². The Hall–Kier alpha value is -3.29. The molecule has 24 heavy (non-hydrogen) atoms. The predicted octanol–water partition coefficient (Wildman–Crippen LogP) is 3.03. The van der Waals surface area contributed by atoms with E-state index in [1.54, 1.807) is 18.3 Å². The summed E-state index contributed by atoms with van der Waals surface area (Å²) in [5.41, 5.74) is 0.814. The third-order valence-electron chi connectivity index (χ3n) is 3.34. The first kappa shape index (κ1) is 14.3. The van der Waals surface area contributed by atoms with E-state index in [-0.39, 0.29) is 0 Å². The molecule has 2 N–H and O–H groups in total. The van der Waals surface area contributed by atoms with Crippen LogP contribution in [0.4, 0.5) is 23.3 Å². The van der Waals surface area contributed by atoms with Crippen molar-refractivity contribution in [2.24, 2.45) is 0 Å². The molecular weight excluding hydrogens is 310 g/mol. The number of nitrogens with zero attached hydrogens (tertiary/aromatic N) is 3. The maximum atomic E-state index is 5.57. The first-order valence-electron chi connectivity index (χ1n) is 7.46. The average molecular weight is 325 g/mol. The molecule has 1 aromatic carbocycles. The molecule has 3 aromatic rings. The van der Waals surface area contributed by atoms with E-state index in [4.69, 9.17) is 14.0 Å². The minimum absolute atomic E-state index is 0.455. The van der Waals surface area contributed by atoms with Gasteiger partial charge in [0.2, 0.25) is 5.95 Å². The Kier molecular flexibility index (Phi) is 3.62. The molecule has 4 rings (SSSR count). The van der Waals surface area contributed by atoms with Crippen LogP contribution >= 0.6 is 0 Å². The monoisotopic (exact) mass is 325 g/mol. The topological polar surface area (TPSA) is 94.3 Å². The van der Waals surface area contributed by atoms with E-state index >= 15 is 0 Å². The van der Waals surface area contributed by atoms with Crippen LogP contribution in [0.25, 0.3) is 0 Å². The van der Waals surface area contributed by atoms with Gasteiger partial charge >= 0.3 is 0 Å². The van der Waals surface area contributed by atoms with E-state index < -0.39 is 0 Å². The highest BCUT2D eigenvalue weighted by Gasteiger charge is 2.12. The standard InChI is InChI=1S/C16H15N5O3/c1-10-8-15(21-24-10)19-14-4-5-17-16(20-14)18-11-2-3-12-13(9-11)23-7-6-22-12/h2-5,8-9H,6-7H2,1H3,(H2,17,18,19,20,21). The van der Waals surface area contributed by atoms with Gasteiger partial charge in [-0.3, -0.25) is 0 Å². The number of hydrogen-bond acceptors (Lipinski definition) is 8. The first-order chi connectivity index (χ1) is 11.8. The van der Waals surface area contributed by atoms with Crippen molar-refractivity contribution in [3.63, 3.8) is 0 Å². The maximum absolute atomic E-state index is 5.57. The number of benzene rings is 1. The third-order valence-corrected chi connectivity index (χ3v) is 3.34. The normalized spacial score (nSPS) is 12.7. The fourth-order valence-corrected chi connectivity index (χ4v) is 2.30. The molecule has 0 bridgehead atoms. The summed E-state index contributed by atoms with van der Waals surface area (Å²) >= 11 is 0. The lowest BCUT2D eigenvalue weighted by atomic mass is 10.2. The van der Waals surface area contributed by atoms with Gasteiger partial charge in [-0.1, -0.05) is 5.16 Å². The number of anilines is 4. The highest BCUT2D eigenvalue weighted by molar-refractivity contribution is 5.61. The molecule has 1 aliphatic rings. The lowest BCUT2D eigenvalue weighted by Gasteiger charge is -2.19. The van der Waals surface area contributed by atoms with Gasteiger partial charge in [-0.05, 0) is 25.1 Å². The molecule has 0 atom stereocenters. The minimum Gasteiger partial charge on any atom is -0.486 e. The van der Waals surface area contributed by atoms with E-state index in [1.165, 1.54) is 0 Å². The zero-order valence-corrected chi connectivity index (χ0v) is 12.9. The fraction of sp³-hybridized carbons (Fsp3) is 0.188. The van der Waals surface area contributed by atoms with Crippen molar-refractivity contribution in [2.45, 2.75) is 6.92 Å². The van der Waals surface area contributed by atoms with Gasteiger partial charge in [0.05, 0.1) is 0 Å². The zero-order valence-electron chi connectivity index (χ0n) is 12.9. The highest BCUT2D eigenvalue weighted by atomic mass is 16.6. The molecule has 0 amide bonds. The van der Waals surface area contributed by atoms with Crippen LogP contribution in [0.1, 0.15) is 5.76 Å². The van der Waals surface area contributed by atoms with Crippen LogP contribution in [0.3, 0.4) is 0 Å². The molecule has 122 valence electrons. The molecule has 0 saturated carbocycles. The van der Waals surface area contributed by atoms with E-state index in [2.05, 4.69) is 25.8 Å². The van der Waals surface area contributed by atoms with Gasteiger partial charge in [0.1, 0.15) is 24.8 Å². The molecule has 1 aliphatic heterocycles. The smallest absolute Gasteiger partial charge is 0.229 e. The van der Waals surface area contributed by atoms with E-state index in [0.29, 0.717) is 36.5 Å². The molecule has 2 aromatic heterocycles. The molecular formula is C16H15N5O3. The van der Waals surface area contributed by atoms with Crippen LogP contribution in [0.2, 0.25) is 0 Å². The fourth-order valence-electron chi connectivity index (χ4n) is 2.30. The van der Waals surface area contributed by atoms with Crippen LogP contribution in [0.15, 0.2) is 41.1 Å². The predicted molar refractivity (Wildman–Crippen MR) is 87.3 cm³/mol. The summed E-state index contributed by atoms with van der Waals surface area (Å²) in [6.07, 6.45) is 1.66. The average Bonchev–Trinajstić information content (AvgIpc) is 3.00. The van der Waals surface area contributed by atoms with E-state index in [0.717, 1.165) is 17.2 Å². The Morgan fingerprint density at radius 1 is 0.958 bits per heavy atom. The highest BCUT2D eigenvalue weighted by Crippen LogP contribution is 2.33. The van der Waals surface area contributed by atoms with Gasteiger partial charge in [0, 0.05) is 24.0 Å². The molecule has 8 nitrogen and oxygen atoms in total. The Morgan fingerprint density at radius 3 is 2.67 bits per heavy atom. The Bertz CT molecular complexity index is 864. The van der Waals surface area contributed by atoms with Gasteiger partial charge in [0.25, 0.3) is 0 Å². The molecule has 0 fully saturated rings. The molecule has 0 unspecified atom stereocenters. The SMILES string of the molecule is Cc1cc(Nc2ccnc(Nc3ccc4c(c3)OCCO4)n2)no1. The number of aryl methyl sites for hydroxylation is 1. The van der Waals surface area contributed by atoms with Gasteiger partial charge in [-0.15, -0.1) is 0 Å². The summed E-state index contributed by atoms with van der Waals surface area (Å²) in [5, 5.41) is 10.1. The zero-order chi connectivity index (χ0) is 16.4. The summed E-state index contributed by atoms with van der Waals surface area (Å²) in [7, 11) is 0. The second kappa shape index (κ2) is 6.07. The van der Waals surface area contributed by atoms with Crippen molar-refractivity contribution in [2.75, 3.05) is 23.8 Å². The van der Waals surface area contributed by atoms with Crippen LogP contribution in [-0.4, -0.2) is 28.3 Å². The quantitative estimate of drug-likeness (QED) is 0.756. The number of ether oxygens (including phenoxy) is 2. The first-order valence-corrected chi connectivity index (χ1v) is 7.46. The molecule has 0 radical (unpaired) electrons. The van der Waals surface area contributed by atoms with Gasteiger partial charge in [0.15, 0.2) is 17.3 Å². The summed E-state index contributed by atoms with van der Waals surface area (Å²) in [5.74, 6) is 3.83. The summed E-state index contributed by atoms with van der Waals surface area (Å²) in [4.78, 5) is 8.61. The van der Waals surface area contributed by atoms with Crippen molar-refractivity contribution in [3.05, 3.63) is 42.3 Å². The van der Waals surface area contributed by atoms with Crippen molar-refractivity contribution in [1.82, 2.24) is 15.1 Å². The second-order valence-corrected chi connectivity index (χ2v) is 5.20. The Labute approximate surface area is 137 Å². The number of fused-ring (bicyclic) bond motifs is 1. The lowest BCUT2D eigenvalue weighted by molar-refractivity contribution is 0.171. The Morgan fingerprint density at radius 2 is 1.83 bits per heavy atom. The largest absolute Gasteiger partial charge is 0.486 e. The number of rotatable bonds is 4. The van der Waals surface area contributed by atoms with Crippen molar-refractivity contribution >= 4 is 23.3 Å². The molecule has 3 heterocycles. The molecule has 0 aliphatic carbocycles. The minimum atomic E-state index is 0.455. The maximum Gasteiger partial charge on any atom is 0.229 e. The molecule has 8 heteroatoms.